The third-order valence-electron chi connectivity index (χ3n) is 3.94. The lowest BCUT2D eigenvalue weighted by molar-refractivity contribution is -0.115. The number of nitrogens with zero attached hydrogens (tertiary/aromatic N) is 3. The van der Waals surface area contributed by atoms with Crippen molar-refractivity contribution < 1.29 is 9.32 Å². The molecule has 6 nitrogen and oxygen atoms in total. The van der Waals surface area contributed by atoms with Gasteiger partial charge in [-0.25, -0.2) is 4.68 Å². The maximum Gasteiger partial charge on any atom is 0.233 e. The van der Waals surface area contributed by atoms with Crippen molar-refractivity contribution in [2.24, 2.45) is 5.92 Å². The van der Waals surface area contributed by atoms with E-state index in [4.69, 9.17) is 4.52 Å². The van der Waals surface area contributed by atoms with Crippen LogP contribution in [0.15, 0.2) is 16.8 Å². The molecule has 21 heavy (non-hydrogen) atoms. The van der Waals surface area contributed by atoms with Crippen LogP contribution in [0.1, 0.15) is 42.8 Å². The zero-order valence-corrected chi connectivity index (χ0v) is 12.6. The second kappa shape index (κ2) is 5.35. The molecule has 2 aromatic rings. The largest absolute Gasteiger partial charge is 0.361 e. The van der Waals surface area contributed by atoms with Crippen LogP contribution in [0.3, 0.4) is 0 Å². The summed E-state index contributed by atoms with van der Waals surface area (Å²) in [6.45, 7) is 5.94. The number of aromatic nitrogens is 3. The Morgan fingerprint density at radius 3 is 2.90 bits per heavy atom. The van der Waals surface area contributed by atoms with Gasteiger partial charge in [0.25, 0.3) is 0 Å². The van der Waals surface area contributed by atoms with Gasteiger partial charge in [-0.2, -0.15) is 5.10 Å². The van der Waals surface area contributed by atoms with Crippen LogP contribution in [0.2, 0.25) is 0 Å². The number of aryl methyl sites for hydroxylation is 2. The van der Waals surface area contributed by atoms with Gasteiger partial charge in [-0.1, -0.05) is 5.16 Å². The summed E-state index contributed by atoms with van der Waals surface area (Å²) in [5.74, 6) is 1.93. The minimum Gasteiger partial charge on any atom is -0.361 e. The highest BCUT2D eigenvalue weighted by Gasteiger charge is 2.31. The maximum absolute atomic E-state index is 12.2. The molecule has 2 aromatic heterocycles. The molecule has 6 heteroatoms. The van der Waals surface area contributed by atoms with Crippen LogP contribution in [0, 0.1) is 19.8 Å². The smallest absolute Gasteiger partial charge is 0.233 e. The molecule has 1 saturated carbocycles. The third kappa shape index (κ3) is 2.99. The Hall–Kier alpha value is -2.11. The summed E-state index contributed by atoms with van der Waals surface area (Å²) >= 11 is 0. The van der Waals surface area contributed by atoms with Gasteiger partial charge >= 0.3 is 0 Å². The SMILES string of the molecule is Cc1cc(CC(=O)Nc2c(C)cnn2[C@H](C)C2CC2)on1. The number of carbonyl (C=O) groups is 1. The quantitative estimate of drug-likeness (QED) is 0.918. The molecule has 1 aliphatic rings. The molecule has 2 heterocycles. The van der Waals surface area contributed by atoms with Crippen molar-refractivity contribution >= 4 is 11.7 Å². The molecule has 1 aliphatic carbocycles. The zero-order valence-electron chi connectivity index (χ0n) is 12.6. The Balaban J connectivity index is 1.71. The standard InChI is InChI=1S/C15H20N4O2/c1-9-8-16-19(11(3)12-4-5-12)15(9)17-14(20)7-13-6-10(2)18-21-13/h6,8,11-12H,4-5,7H2,1-3H3,(H,17,20)/t11-/m1/s1. The van der Waals surface area contributed by atoms with Crippen LogP contribution in [0.4, 0.5) is 5.82 Å². The molecule has 0 saturated heterocycles. The van der Waals surface area contributed by atoms with Gasteiger partial charge in [0.15, 0.2) is 0 Å². The summed E-state index contributed by atoms with van der Waals surface area (Å²) in [7, 11) is 0. The Labute approximate surface area is 123 Å². The van der Waals surface area contributed by atoms with Crippen molar-refractivity contribution in [3.05, 3.63) is 29.3 Å². The van der Waals surface area contributed by atoms with Crippen molar-refractivity contribution in [3.63, 3.8) is 0 Å². The Morgan fingerprint density at radius 2 is 2.29 bits per heavy atom. The minimum absolute atomic E-state index is 0.112. The maximum atomic E-state index is 12.2. The van der Waals surface area contributed by atoms with Crippen molar-refractivity contribution in [3.8, 4) is 0 Å². The van der Waals surface area contributed by atoms with Gasteiger partial charge in [-0.05, 0) is 39.5 Å². The van der Waals surface area contributed by atoms with Crippen molar-refractivity contribution in [1.29, 1.82) is 0 Å². The number of hydrogen-bond donors (Lipinski definition) is 1. The van der Waals surface area contributed by atoms with E-state index in [2.05, 4.69) is 22.5 Å². The lowest BCUT2D eigenvalue weighted by Gasteiger charge is -2.16. The molecule has 0 aromatic carbocycles. The molecule has 0 bridgehead atoms. The summed E-state index contributed by atoms with van der Waals surface area (Å²) in [5.41, 5.74) is 1.76. The molecule has 0 spiro atoms. The van der Waals surface area contributed by atoms with E-state index >= 15 is 0 Å². The van der Waals surface area contributed by atoms with Gasteiger partial charge in [-0.15, -0.1) is 0 Å². The lowest BCUT2D eigenvalue weighted by Crippen LogP contribution is -2.20. The molecule has 1 atom stereocenters. The number of anilines is 1. The molecular formula is C15H20N4O2. The van der Waals surface area contributed by atoms with E-state index in [1.54, 1.807) is 12.3 Å². The highest BCUT2D eigenvalue weighted by Crippen LogP contribution is 2.40. The number of hydrogen-bond acceptors (Lipinski definition) is 4. The zero-order chi connectivity index (χ0) is 15.0. The van der Waals surface area contributed by atoms with E-state index < -0.39 is 0 Å². The van der Waals surface area contributed by atoms with Crippen LogP contribution in [0.25, 0.3) is 0 Å². The third-order valence-corrected chi connectivity index (χ3v) is 3.94. The predicted molar refractivity (Wildman–Crippen MR) is 78.0 cm³/mol. The average Bonchev–Trinajstić information content (AvgIpc) is 3.13. The minimum atomic E-state index is -0.112. The van der Waals surface area contributed by atoms with E-state index in [0.29, 0.717) is 17.7 Å². The first kappa shape index (κ1) is 13.9. The first-order valence-electron chi connectivity index (χ1n) is 7.30. The Bertz CT molecular complexity index is 654. The van der Waals surface area contributed by atoms with E-state index in [1.807, 2.05) is 18.5 Å². The first-order valence-corrected chi connectivity index (χ1v) is 7.30. The fourth-order valence-corrected chi connectivity index (χ4v) is 2.53. The van der Waals surface area contributed by atoms with Gasteiger partial charge < -0.3 is 9.84 Å². The summed E-state index contributed by atoms with van der Waals surface area (Å²) in [4.78, 5) is 12.2. The molecule has 112 valence electrons. The molecule has 0 aliphatic heterocycles. The van der Waals surface area contributed by atoms with Crippen LogP contribution in [0.5, 0.6) is 0 Å². The monoisotopic (exact) mass is 288 g/mol. The molecule has 3 rings (SSSR count). The summed E-state index contributed by atoms with van der Waals surface area (Å²) in [6.07, 6.45) is 4.46. The van der Waals surface area contributed by atoms with Crippen LogP contribution >= 0.6 is 0 Å². The van der Waals surface area contributed by atoms with E-state index in [1.165, 1.54) is 12.8 Å². The van der Waals surface area contributed by atoms with Gasteiger partial charge in [0.1, 0.15) is 11.6 Å². The second-order valence-corrected chi connectivity index (χ2v) is 5.86. The van der Waals surface area contributed by atoms with Crippen LogP contribution in [-0.2, 0) is 11.2 Å². The molecule has 0 unspecified atom stereocenters. The molecule has 1 N–H and O–H groups in total. The summed E-state index contributed by atoms with van der Waals surface area (Å²) in [6, 6.07) is 2.10. The molecule has 1 amide bonds. The summed E-state index contributed by atoms with van der Waals surface area (Å²) in [5, 5.41) is 11.2. The molecular weight excluding hydrogens is 268 g/mol. The molecule has 1 fully saturated rings. The van der Waals surface area contributed by atoms with E-state index in [9.17, 15) is 4.79 Å². The topological polar surface area (TPSA) is 73.0 Å². The van der Waals surface area contributed by atoms with Crippen molar-refractivity contribution in [1.82, 2.24) is 14.9 Å². The number of rotatable bonds is 5. The fourth-order valence-electron chi connectivity index (χ4n) is 2.53. The summed E-state index contributed by atoms with van der Waals surface area (Å²) < 4.78 is 7.00. The first-order chi connectivity index (χ1) is 10.0. The van der Waals surface area contributed by atoms with E-state index in [0.717, 1.165) is 17.1 Å². The van der Waals surface area contributed by atoms with Crippen molar-refractivity contribution in [2.45, 2.75) is 46.1 Å². The van der Waals surface area contributed by atoms with Crippen molar-refractivity contribution in [2.75, 3.05) is 5.32 Å². The molecule has 0 radical (unpaired) electrons. The van der Waals surface area contributed by atoms with E-state index in [-0.39, 0.29) is 12.3 Å². The number of carbonyl (C=O) groups excluding carboxylic acids is 1. The van der Waals surface area contributed by atoms with Crippen LogP contribution in [-0.4, -0.2) is 20.8 Å². The number of nitrogens with one attached hydrogen (secondary N) is 1. The van der Waals surface area contributed by atoms with Gasteiger partial charge in [0, 0.05) is 11.6 Å². The highest BCUT2D eigenvalue weighted by atomic mass is 16.5. The van der Waals surface area contributed by atoms with Crippen LogP contribution < -0.4 is 5.32 Å². The van der Waals surface area contributed by atoms with Gasteiger partial charge in [-0.3, -0.25) is 4.79 Å². The average molecular weight is 288 g/mol. The van der Waals surface area contributed by atoms with Gasteiger partial charge in [0.05, 0.1) is 24.4 Å². The second-order valence-electron chi connectivity index (χ2n) is 5.86. The Morgan fingerprint density at radius 1 is 1.52 bits per heavy atom. The lowest BCUT2D eigenvalue weighted by atomic mass is 10.2. The number of amides is 1. The van der Waals surface area contributed by atoms with Gasteiger partial charge in [0.2, 0.25) is 5.91 Å². The highest BCUT2D eigenvalue weighted by molar-refractivity contribution is 5.91. The Kier molecular flexibility index (Phi) is 3.53. The normalized spacial score (nSPS) is 16.0. The predicted octanol–water partition coefficient (Wildman–Crippen LogP) is 2.64. The fraction of sp³-hybridized carbons (Fsp3) is 0.533.